The number of carbonyl (C=O) groups excluding carboxylic acids is 3. The normalized spacial score (nSPS) is 13.1. The fourth-order valence-corrected chi connectivity index (χ4v) is 3.33. The number of hydrogen-bond donors (Lipinski definition) is 3. The second-order valence-corrected chi connectivity index (χ2v) is 8.60. The molecule has 0 aliphatic heterocycles. The predicted octanol–water partition coefficient (Wildman–Crippen LogP) is 2.14. The maximum absolute atomic E-state index is 12.6. The Morgan fingerprint density at radius 2 is 1.76 bits per heavy atom. The van der Waals surface area contributed by atoms with E-state index in [0.29, 0.717) is 0 Å². The van der Waals surface area contributed by atoms with Crippen LogP contribution in [0.3, 0.4) is 0 Å². The SMILES string of the molecule is CCOC(=O)[C@@H](Cc1cn(C)c2ccccc12)NC(=O)C[C@H](NC(=O)OC(C)(C)C)C(=O)O. The fraction of sp³-hybridized carbons (Fsp3) is 0.478. The lowest BCUT2D eigenvalue weighted by Gasteiger charge is -2.22. The van der Waals surface area contributed by atoms with Crippen molar-refractivity contribution in [3.63, 3.8) is 0 Å². The van der Waals surface area contributed by atoms with Crippen LogP contribution in [-0.4, -0.2) is 57.9 Å². The van der Waals surface area contributed by atoms with Crippen LogP contribution < -0.4 is 10.6 Å². The molecule has 0 spiro atoms. The molecule has 0 unspecified atom stereocenters. The van der Waals surface area contributed by atoms with Crippen LogP contribution in [-0.2, 0) is 37.3 Å². The summed E-state index contributed by atoms with van der Waals surface area (Å²) in [5.41, 5.74) is 0.963. The summed E-state index contributed by atoms with van der Waals surface area (Å²) < 4.78 is 12.1. The van der Waals surface area contributed by atoms with Crippen LogP contribution >= 0.6 is 0 Å². The second kappa shape index (κ2) is 10.8. The van der Waals surface area contributed by atoms with E-state index in [9.17, 15) is 24.3 Å². The van der Waals surface area contributed by atoms with E-state index in [1.807, 2.05) is 42.1 Å². The minimum Gasteiger partial charge on any atom is -0.480 e. The summed E-state index contributed by atoms with van der Waals surface area (Å²) in [7, 11) is 1.88. The predicted molar refractivity (Wildman–Crippen MR) is 121 cm³/mol. The first-order valence-electron chi connectivity index (χ1n) is 10.6. The minimum atomic E-state index is -1.53. The number of nitrogens with zero attached hydrogens (tertiary/aromatic N) is 1. The molecule has 0 aliphatic carbocycles. The number of ether oxygens (including phenoxy) is 2. The highest BCUT2D eigenvalue weighted by molar-refractivity contribution is 5.90. The molecule has 1 heterocycles. The Hall–Kier alpha value is -3.56. The highest BCUT2D eigenvalue weighted by Gasteiger charge is 2.29. The number of aromatic nitrogens is 1. The third-order valence-electron chi connectivity index (χ3n) is 4.69. The Morgan fingerprint density at radius 3 is 2.36 bits per heavy atom. The van der Waals surface area contributed by atoms with Crippen molar-refractivity contribution in [1.82, 2.24) is 15.2 Å². The van der Waals surface area contributed by atoms with Crippen molar-refractivity contribution < 1.29 is 33.8 Å². The molecule has 180 valence electrons. The number of hydrogen-bond acceptors (Lipinski definition) is 6. The maximum atomic E-state index is 12.6. The van der Waals surface area contributed by atoms with E-state index in [1.165, 1.54) is 0 Å². The van der Waals surface area contributed by atoms with Gasteiger partial charge < -0.3 is 29.8 Å². The van der Waals surface area contributed by atoms with Crippen molar-refractivity contribution in [2.75, 3.05) is 6.61 Å². The average molecular weight is 462 g/mol. The number of para-hydroxylation sites is 1. The monoisotopic (exact) mass is 461 g/mol. The number of benzene rings is 1. The summed E-state index contributed by atoms with van der Waals surface area (Å²) in [5, 5.41) is 15.1. The number of carboxylic acid groups (broad SMARTS) is 1. The van der Waals surface area contributed by atoms with Crippen molar-refractivity contribution in [1.29, 1.82) is 0 Å². The standard InChI is InChI=1S/C23H31N3O7/c1-6-32-21(30)17(11-14-13-26(5)18-10-8-7-9-15(14)18)24-19(27)12-16(20(28)29)25-22(31)33-23(2,3)4/h7-10,13,16-17H,6,11-12H2,1-5H3,(H,24,27)(H,25,31)(H,28,29)/t16-,17+/m0/s1. The maximum Gasteiger partial charge on any atom is 0.408 e. The lowest BCUT2D eigenvalue weighted by atomic mass is 10.0. The molecule has 2 amide bonds. The molecule has 2 atom stereocenters. The van der Waals surface area contributed by atoms with Crippen molar-refractivity contribution >= 4 is 34.8 Å². The average Bonchev–Trinajstić information content (AvgIpc) is 3.01. The van der Waals surface area contributed by atoms with Gasteiger partial charge in [-0.1, -0.05) is 18.2 Å². The smallest absolute Gasteiger partial charge is 0.408 e. The molecular formula is C23H31N3O7. The molecule has 1 aromatic heterocycles. The van der Waals surface area contributed by atoms with E-state index in [4.69, 9.17) is 9.47 Å². The second-order valence-electron chi connectivity index (χ2n) is 8.60. The molecule has 3 N–H and O–H groups in total. The van der Waals surface area contributed by atoms with Crippen LogP contribution in [0.1, 0.15) is 39.7 Å². The molecular weight excluding hydrogens is 430 g/mol. The zero-order valence-corrected chi connectivity index (χ0v) is 19.5. The first-order valence-corrected chi connectivity index (χ1v) is 10.6. The first kappa shape index (κ1) is 25.7. The number of rotatable bonds is 9. The zero-order chi connectivity index (χ0) is 24.8. The Bertz CT molecular complexity index is 1020. The van der Waals surface area contributed by atoms with Gasteiger partial charge in [0.25, 0.3) is 0 Å². The van der Waals surface area contributed by atoms with E-state index in [-0.39, 0.29) is 13.0 Å². The molecule has 0 aliphatic rings. The van der Waals surface area contributed by atoms with Gasteiger partial charge in [-0.25, -0.2) is 14.4 Å². The number of aliphatic carboxylic acids is 1. The first-order chi connectivity index (χ1) is 15.4. The van der Waals surface area contributed by atoms with Crippen LogP contribution in [0.5, 0.6) is 0 Å². The van der Waals surface area contributed by atoms with Crippen LogP contribution in [0.15, 0.2) is 30.5 Å². The molecule has 1 aromatic carbocycles. The third-order valence-corrected chi connectivity index (χ3v) is 4.69. The molecule has 2 aromatic rings. The molecule has 0 saturated heterocycles. The summed E-state index contributed by atoms with van der Waals surface area (Å²) >= 11 is 0. The van der Waals surface area contributed by atoms with Gasteiger partial charge in [-0.15, -0.1) is 0 Å². The minimum absolute atomic E-state index is 0.124. The zero-order valence-electron chi connectivity index (χ0n) is 19.5. The summed E-state index contributed by atoms with van der Waals surface area (Å²) in [4.78, 5) is 48.6. The quantitative estimate of drug-likeness (QED) is 0.487. The largest absolute Gasteiger partial charge is 0.480 e. The molecule has 2 rings (SSSR count). The van der Waals surface area contributed by atoms with Gasteiger partial charge in [0.15, 0.2) is 0 Å². The topological polar surface area (TPSA) is 136 Å². The molecule has 33 heavy (non-hydrogen) atoms. The van der Waals surface area contributed by atoms with Crippen LogP contribution in [0.2, 0.25) is 0 Å². The number of aryl methyl sites for hydroxylation is 1. The van der Waals surface area contributed by atoms with Crippen molar-refractivity contribution in [3.05, 3.63) is 36.0 Å². The van der Waals surface area contributed by atoms with E-state index in [1.54, 1.807) is 27.7 Å². The molecule has 0 bridgehead atoms. The Balaban J connectivity index is 2.14. The number of nitrogens with one attached hydrogen (secondary N) is 2. The summed E-state index contributed by atoms with van der Waals surface area (Å²) in [6.07, 6.45) is 0.483. The van der Waals surface area contributed by atoms with Gasteiger partial charge in [0, 0.05) is 30.6 Å². The van der Waals surface area contributed by atoms with E-state index in [0.717, 1.165) is 16.5 Å². The molecule has 0 saturated carbocycles. The van der Waals surface area contributed by atoms with Gasteiger partial charge in [-0.05, 0) is 39.3 Å². The summed E-state index contributed by atoms with van der Waals surface area (Å²) in [6.45, 7) is 6.67. The molecule has 0 fully saturated rings. The van der Waals surface area contributed by atoms with Gasteiger partial charge in [-0.3, -0.25) is 4.79 Å². The number of alkyl carbamates (subject to hydrolysis) is 1. The van der Waals surface area contributed by atoms with Gasteiger partial charge in [0.05, 0.1) is 13.0 Å². The lowest BCUT2D eigenvalue weighted by molar-refractivity contribution is -0.147. The highest BCUT2D eigenvalue weighted by Crippen LogP contribution is 2.22. The van der Waals surface area contributed by atoms with Crippen molar-refractivity contribution in [2.45, 2.75) is 58.2 Å². The van der Waals surface area contributed by atoms with Gasteiger partial charge in [0.1, 0.15) is 17.7 Å². The molecule has 0 radical (unpaired) electrons. The summed E-state index contributed by atoms with van der Waals surface area (Å²) in [6, 6.07) is 5.08. The number of fused-ring (bicyclic) bond motifs is 1. The fourth-order valence-electron chi connectivity index (χ4n) is 3.33. The lowest BCUT2D eigenvalue weighted by Crippen LogP contribution is -2.49. The molecule has 10 heteroatoms. The van der Waals surface area contributed by atoms with Crippen LogP contribution in [0, 0.1) is 0 Å². The van der Waals surface area contributed by atoms with Gasteiger partial charge >= 0.3 is 18.0 Å². The van der Waals surface area contributed by atoms with E-state index < -0.39 is 48.0 Å². The number of carboxylic acids is 1. The van der Waals surface area contributed by atoms with E-state index in [2.05, 4.69) is 10.6 Å². The van der Waals surface area contributed by atoms with Crippen molar-refractivity contribution in [2.24, 2.45) is 7.05 Å². The molecule has 10 nitrogen and oxygen atoms in total. The Kier molecular flexibility index (Phi) is 8.44. The van der Waals surface area contributed by atoms with Crippen LogP contribution in [0.25, 0.3) is 10.9 Å². The number of carbonyl (C=O) groups is 4. The number of esters is 1. The third kappa shape index (κ3) is 7.51. The number of amides is 2. The Morgan fingerprint density at radius 1 is 1.09 bits per heavy atom. The highest BCUT2D eigenvalue weighted by atomic mass is 16.6. The van der Waals surface area contributed by atoms with Gasteiger partial charge in [0.2, 0.25) is 5.91 Å². The van der Waals surface area contributed by atoms with E-state index >= 15 is 0 Å². The van der Waals surface area contributed by atoms with Crippen LogP contribution in [0.4, 0.5) is 4.79 Å². The van der Waals surface area contributed by atoms with Gasteiger partial charge in [-0.2, -0.15) is 0 Å². The Labute approximate surface area is 192 Å². The van der Waals surface area contributed by atoms with Crippen molar-refractivity contribution in [3.8, 4) is 0 Å². The summed E-state index contributed by atoms with van der Waals surface area (Å²) in [5.74, 6) is -2.76.